The highest BCUT2D eigenvalue weighted by Gasteiger charge is 2.53. The summed E-state index contributed by atoms with van der Waals surface area (Å²) in [6.07, 6.45) is 6.43. The van der Waals surface area contributed by atoms with Gasteiger partial charge in [-0.3, -0.25) is 47.9 Å². The lowest BCUT2D eigenvalue weighted by atomic mass is 9.78. The summed E-state index contributed by atoms with van der Waals surface area (Å²) in [6, 6.07) is -3.86. The number of Topliss-reactive ketones (excluding diaryl/α,β-unsaturated/α-hetero) is 4. The highest BCUT2D eigenvalue weighted by atomic mass is 32.2. The Labute approximate surface area is 567 Å². The van der Waals surface area contributed by atoms with E-state index in [4.69, 9.17) is 49.1 Å². The van der Waals surface area contributed by atoms with Gasteiger partial charge in [0.25, 0.3) is 11.7 Å². The summed E-state index contributed by atoms with van der Waals surface area (Å²) in [7, 11) is 4.31. The second-order valence-electron chi connectivity index (χ2n) is 26.8. The number of aliphatic hydroxyl groups excluding tert-OH is 2. The van der Waals surface area contributed by atoms with Gasteiger partial charge in [0.1, 0.15) is 54.3 Å². The lowest BCUT2D eigenvalue weighted by Crippen LogP contribution is -2.61. The Kier molecular flexibility index (Phi) is 33.9. The lowest BCUT2D eigenvalue weighted by Gasteiger charge is -2.42. The van der Waals surface area contributed by atoms with Gasteiger partial charge in [0.05, 0.1) is 43.1 Å². The van der Waals surface area contributed by atoms with Crippen molar-refractivity contribution in [2.75, 3.05) is 52.6 Å². The number of fused-ring (bicyclic) bond motifs is 3. The summed E-state index contributed by atoms with van der Waals surface area (Å²) >= 11 is 0.858. The number of ketones is 4. The van der Waals surface area contributed by atoms with E-state index >= 15 is 0 Å². The Morgan fingerprint density at radius 2 is 1.57 bits per heavy atom. The van der Waals surface area contributed by atoms with E-state index in [0.717, 1.165) is 22.2 Å². The second kappa shape index (κ2) is 39.5. The molecule has 18 atom stereocenters. The van der Waals surface area contributed by atoms with Crippen molar-refractivity contribution in [2.24, 2.45) is 46.7 Å². The monoisotopic (exact) mass is 1380 g/mol. The summed E-state index contributed by atoms with van der Waals surface area (Å²) in [5, 5.41) is 54.8. The third kappa shape index (κ3) is 24.4. The Morgan fingerprint density at radius 1 is 0.865 bits per heavy atom. The minimum atomic E-state index is -2.53. The number of amides is 2. The molecule has 27 heteroatoms. The minimum Gasteiger partial charge on any atom is -0.481 e. The van der Waals surface area contributed by atoms with Crippen molar-refractivity contribution in [3.8, 4) is 0 Å². The van der Waals surface area contributed by atoms with Gasteiger partial charge in [-0.25, -0.2) is 4.79 Å². The molecule has 1 aliphatic carbocycles. The molecule has 540 valence electrons. The maximum absolute atomic E-state index is 14.7. The van der Waals surface area contributed by atoms with E-state index in [1.165, 1.54) is 21.1 Å². The SMILES string of the molecule is CO[C@H]1C[C@@H]2CC[C@@H](C)[C@@](O)(O2)C(=O)C(=O)N2CCCC[C@H]2C(=O)O[C@H]([C@H](C)C[C@@H]2CC[C@@H](OC(=O)C(C)(CO)COC(=O)CSC[C@H](NC(=O)CC[C@H](N)C(=O)O)C(=O)CCC(=O)O)[C@H](OC)C2)CC(=O)[C@H](C)/C=C(\C)[C@@H](O)[C@@H](OC)C(=O)[C@H](C)C[C@H](C)/C=C/C=C/C=C/1C. The number of hydrogen-bond donors (Lipinski definition) is 7. The normalized spacial score (nSPS) is 32.2. The number of carbonyl (C=O) groups is 11. The third-order valence-electron chi connectivity index (χ3n) is 18.9. The molecule has 26 nitrogen and oxygen atoms in total. The van der Waals surface area contributed by atoms with E-state index in [9.17, 15) is 68.1 Å². The van der Waals surface area contributed by atoms with Gasteiger partial charge in [0, 0.05) is 77.1 Å². The number of ether oxygens (including phenoxy) is 7. The number of rotatable bonds is 24. The number of carboxylic acid groups (broad SMARTS) is 2. The number of cyclic esters (lactones) is 1. The number of esters is 3. The van der Waals surface area contributed by atoms with Crippen molar-refractivity contribution in [2.45, 2.75) is 225 Å². The fourth-order valence-electron chi connectivity index (χ4n) is 12.5. The van der Waals surface area contributed by atoms with Crippen LogP contribution in [0.4, 0.5) is 0 Å². The van der Waals surface area contributed by atoms with Crippen LogP contribution in [0, 0.1) is 40.9 Å². The number of carboxylic acids is 2. The number of carbonyl (C=O) groups excluding carboxylic acids is 9. The van der Waals surface area contributed by atoms with Gasteiger partial charge in [0.2, 0.25) is 11.7 Å². The number of aliphatic hydroxyl groups is 3. The Bertz CT molecular complexity index is 2820. The molecule has 3 aliphatic heterocycles. The van der Waals surface area contributed by atoms with Gasteiger partial charge in [-0.2, -0.15) is 0 Å². The number of methoxy groups -OCH3 is 3. The number of allylic oxidation sites excluding steroid dienone is 6. The molecule has 0 radical (unpaired) electrons. The predicted molar refractivity (Wildman–Crippen MR) is 351 cm³/mol. The smallest absolute Gasteiger partial charge is 0.329 e. The summed E-state index contributed by atoms with van der Waals surface area (Å²) in [5.74, 6) is -15.7. The van der Waals surface area contributed by atoms with Crippen molar-refractivity contribution in [1.82, 2.24) is 10.2 Å². The zero-order chi connectivity index (χ0) is 71.8. The molecule has 1 unspecified atom stereocenters. The molecule has 0 spiro atoms. The van der Waals surface area contributed by atoms with Crippen LogP contribution in [0.3, 0.4) is 0 Å². The van der Waals surface area contributed by atoms with E-state index in [0.29, 0.717) is 56.9 Å². The molecule has 4 aliphatic rings. The standard InChI is InChI=1S/C69H105N3O23S/c1-39-17-13-12-14-18-40(2)54(89-9)33-47-22-20-45(7)69(88,95-47)63(82)64(83)72-28-16-15-19-50(72)66(86)93-55(34-52(75)41(3)30-44(6)61(81)62(91-11)60(80)43(5)29-39)42(4)31-46-21-25-53(56(32-46)90-10)94-67(87)68(8,37-73)38-92-59(79)36-96-35-49(51(74)24-27-58(77)78)71-57(76)26-23-48(70)65(84)85/h12-14,17-18,30,39,41-43,45-50,53-56,61-62,73,81,88H,15-16,19-29,31-38,70H2,1-11H3,(H,71,76)(H,77,78)(H,84,85)/b14-12+,17-13+,40-18+,44-30+/t39-,41-,42-,43-,45-,46+,47+,48+,49+,50+,53-,54+,55+,56-,61-,62+,68?,69-/m1/s1. The van der Waals surface area contributed by atoms with Crippen molar-refractivity contribution in [3.63, 3.8) is 0 Å². The summed E-state index contributed by atoms with van der Waals surface area (Å²) < 4.78 is 41.2. The van der Waals surface area contributed by atoms with Crippen LogP contribution in [0.5, 0.6) is 0 Å². The van der Waals surface area contributed by atoms with Crippen LogP contribution in [0.15, 0.2) is 47.6 Å². The maximum atomic E-state index is 14.7. The second-order valence-corrected chi connectivity index (χ2v) is 27.9. The fourth-order valence-corrected chi connectivity index (χ4v) is 13.4. The summed E-state index contributed by atoms with van der Waals surface area (Å²) in [4.78, 5) is 148. The highest BCUT2D eigenvalue weighted by Crippen LogP contribution is 2.39. The molecular formula is C69H105N3O23S. The molecule has 2 bridgehead atoms. The molecule has 0 aromatic carbocycles. The molecule has 3 fully saturated rings. The molecule has 0 aromatic heterocycles. The van der Waals surface area contributed by atoms with Crippen LogP contribution in [-0.4, -0.2) is 214 Å². The average molecular weight is 1380 g/mol. The first-order valence-corrected chi connectivity index (χ1v) is 34.5. The number of piperidine rings is 1. The number of nitrogens with zero attached hydrogens (tertiary/aromatic N) is 1. The van der Waals surface area contributed by atoms with Crippen molar-refractivity contribution in [1.29, 1.82) is 0 Å². The van der Waals surface area contributed by atoms with Gasteiger partial charge in [-0.15, -0.1) is 11.8 Å². The fraction of sp³-hybridized carbons (Fsp3) is 0.725. The Balaban J connectivity index is 1.55. The molecule has 96 heavy (non-hydrogen) atoms. The first-order chi connectivity index (χ1) is 45.2. The van der Waals surface area contributed by atoms with Gasteiger partial charge in [-0.05, 0) is 120 Å². The van der Waals surface area contributed by atoms with E-state index in [-0.39, 0.29) is 74.2 Å². The van der Waals surface area contributed by atoms with Gasteiger partial charge < -0.3 is 74.6 Å². The molecule has 2 saturated heterocycles. The van der Waals surface area contributed by atoms with Crippen molar-refractivity contribution >= 4 is 76.6 Å². The van der Waals surface area contributed by atoms with Crippen LogP contribution in [0.2, 0.25) is 0 Å². The number of nitrogens with one attached hydrogen (secondary N) is 1. The van der Waals surface area contributed by atoms with Crippen molar-refractivity contribution < 1.29 is 111 Å². The highest BCUT2D eigenvalue weighted by molar-refractivity contribution is 8.00. The molecule has 8 N–H and O–H groups in total. The molecule has 4 rings (SSSR count). The van der Waals surface area contributed by atoms with E-state index < -0.39 is 181 Å². The van der Waals surface area contributed by atoms with Gasteiger partial charge in [0.15, 0.2) is 11.6 Å². The average Bonchev–Trinajstić information content (AvgIpc) is 0.775. The van der Waals surface area contributed by atoms with E-state index in [2.05, 4.69) is 5.32 Å². The van der Waals surface area contributed by atoms with Crippen molar-refractivity contribution in [3.05, 3.63) is 47.6 Å². The van der Waals surface area contributed by atoms with Crippen LogP contribution in [0.1, 0.15) is 158 Å². The van der Waals surface area contributed by atoms with Crippen LogP contribution in [0.25, 0.3) is 0 Å². The maximum Gasteiger partial charge on any atom is 0.329 e. The number of thioether (sulfide) groups is 1. The lowest BCUT2D eigenvalue weighted by molar-refractivity contribution is -0.265. The topological polar surface area (TPSA) is 395 Å². The van der Waals surface area contributed by atoms with Crippen LogP contribution in [-0.2, 0) is 85.9 Å². The van der Waals surface area contributed by atoms with Gasteiger partial charge >= 0.3 is 29.8 Å². The van der Waals surface area contributed by atoms with Gasteiger partial charge in [-0.1, -0.05) is 71.1 Å². The van der Waals surface area contributed by atoms with E-state index in [1.54, 1.807) is 40.9 Å². The molecule has 2 amide bonds. The summed E-state index contributed by atoms with van der Waals surface area (Å²) in [6.45, 7) is 12.1. The Hall–Kier alpha value is -6.04. The molecule has 0 aromatic rings. The van der Waals surface area contributed by atoms with Crippen LogP contribution < -0.4 is 11.1 Å². The first-order valence-electron chi connectivity index (χ1n) is 33.3. The number of hydrogen-bond acceptors (Lipinski definition) is 23. The Morgan fingerprint density at radius 3 is 2.22 bits per heavy atom. The number of aliphatic carboxylic acids is 2. The zero-order valence-electron chi connectivity index (χ0n) is 57.6. The largest absolute Gasteiger partial charge is 0.481 e. The third-order valence-corrected chi connectivity index (χ3v) is 19.9. The van der Waals surface area contributed by atoms with E-state index in [1.807, 2.05) is 51.2 Å². The number of nitrogens with two attached hydrogens (primary N) is 1. The first kappa shape index (κ1) is 82.4. The molecule has 3 heterocycles. The predicted octanol–water partition coefficient (Wildman–Crippen LogP) is 5.12. The molecular weight excluding hydrogens is 1270 g/mol. The summed E-state index contributed by atoms with van der Waals surface area (Å²) in [5.41, 5.74) is 4.85. The zero-order valence-corrected chi connectivity index (χ0v) is 58.4. The van der Waals surface area contributed by atoms with Crippen LogP contribution >= 0.6 is 11.8 Å². The minimum absolute atomic E-state index is 0.0119. The quantitative estimate of drug-likeness (QED) is 0.0285. The molecule has 1 saturated carbocycles.